The summed E-state index contributed by atoms with van der Waals surface area (Å²) in [5.41, 5.74) is 1.46. The number of ether oxygens (including phenoxy) is 1. The number of amides is 3. The molecule has 3 aliphatic heterocycles. The number of benzene rings is 2. The van der Waals surface area contributed by atoms with E-state index in [0.717, 1.165) is 16.7 Å². The summed E-state index contributed by atoms with van der Waals surface area (Å²) in [5, 5.41) is 16.3. The first-order chi connectivity index (χ1) is 18.1. The van der Waals surface area contributed by atoms with E-state index >= 15 is 0 Å². The van der Waals surface area contributed by atoms with Crippen LogP contribution in [0.3, 0.4) is 0 Å². The number of anilines is 1. The van der Waals surface area contributed by atoms with Gasteiger partial charge >= 0.3 is 0 Å². The average molecular weight is 520 g/mol. The molecule has 3 saturated heterocycles. The molecule has 7 atom stereocenters. The van der Waals surface area contributed by atoms with Crippen LogP contribution < -0.4 is 10.6 Å². The van der Waals surface area contributed by atoms with Gasteiger partial charge in [-0.25, -0.2) is 0 Å². The fraction of sp³-hybridized carbons (Fsp3) is 0.500. The summed E-state index contributed by atoms with van der Waals surface area (Å²) >= 11 is 0. The standard InChI is InChI=1S/C30H37N3O5/c1-17-11-12-18(2)22(13-17)32-27(36)25-30-15-19(3)29(4,38-30)23(26(35)31-5)24(30)28(37)33(25)21(16-34)14-20-9-7-6-8-10-20/h6-13,19,21,23-25,34H,14-16H2,1-5H3,(H,31,35)(H,32,36)/t19?,21-,23+,24+,25?,29-,30?/m1/s1. The quantitative estimate of drug-likeness (QED) is 0.521. The Morgan fingerprint density at radius 1 is 1.16 bits per heavy atom. The number of aryl methyl sites for hydroxylation is 2. The Kier molecular flexibility index (Phi) is 6.60. The molecule has 8 heteroatoms. The van der Waals surface area contributed by atoms with E-state index in [-0.39, 0.29) is 30.2 Å². The molecule has 3 N–H and O–H groups in total. The average Bonchev–Trinajstić information content (AvgIpc) is 3.41. The smallest absolute Gasteiger partial charge is 0.250 e. The van der Waals surface area contributed by atoms with Gasteiger partial charge in [0.15, 0.2) is 0 Å². The van der Waals surface area contributed by atoms with Crippen LogP contribution >= 0.6 is 0 Å². The molecule has 38 heavy (non-hydrogen) atoms. The van der Waals surface area contributed by atoms with Gasteiger partial charge in [0.1, 0.15) is 11.6 Å². The Hall–Kier alpha value is -3.23. The molecule has 0 aliphatic carbocycles. The lowest BCUT2D eigenvalue weighted by Gasteiger charge is -2.37. The van der Waals surface area contributed by atoms with Crippen LogP contribution in [0.15, 0.2) is 48.5 Å². The number of nitrogens with zero attached hydrogens (tertiary/aromatic N) is 1. The third-order valence-corrected chi connectivity index (χ3v) is 9.10. The Morgan fingerprint density at radius 3 is 2.53 bits per heavy atom. The van der Waals surface area contributed by atoms with Crippen molar-refractivity contribution >= 4 is 23.4 Å². The SMILES string of the molecule is CNC(=O)[C@@H]1[C@H]2C(=O)N([C@@H](CO)Cc3ccccc3)C(C(=O)Nc3cc(C)ccc3C)C23CC(C)[C@@]1(C)O3. The molecule has 3 fully saturated rings. The molecule has 3 unspecified atom stereocenters. The molecule has 3 heterocycles. The highest BCUT2D eigenvalue weighted by atomic mass is 16.5. The molecule has 2 bridgehead atoms. The molecule has 2 aromatic rings. The van der Waals surface area contributed by atoms with Crippen molar-refractivity contribution in [2.45, 2.75) is 63.8 Å². The molecule has 0 aromatic heterocycles. The van der Waals surface area contributed by atoms with E-state index in [1.807, 2.05) is 76.2 Å². The van der Waals surface area contributed by atoms with Gasteiger partial charge in [0.05, 0.1) is 30.1 Å². The van der Waals surface area contributed by atoms with Crippen LogP contribution in [-0.2, 0) is 25.5 Å². The number of aliphatic hydroxyl groups is 1. The lowest BCUT2D eigenvalue weighted by Crippen LogP contribution is -2.57. The second-order valence-electron chi connectivity index (χ2n) is 11.4. The molecule has 202 valence electrons. The molecule has 1 spiro atoms. The zero-order valence-electron chi connectivity index (χ0n) is 22.7. The van der Waals surface area contributed by atoms with Crippen molar-refractivity contribution in [3.8, 4) is 0 Å². The third-order valence-electron chi connectivity index (χ3n) is 9.10. The van der Waals surface area contributed by atoms with Crippen LogP contribution in [0.4, 0.5) is 5.69 Å². The van der Waals surface area contributed by atoms with Gasteiger partial charge in [0, 0.05) is 12.7 Å². The van der Waals surface area contributed by atoms with Gasteiger partial charge in [0.2, 0.25) is 17.7 Å². The maximum atomic E-state index is 14.3. The highest BCUT2D eigenvalue weighted by Gasteiger charge is 2.80. The number of carbonyl (C=O) groups is 3. The van der Waals surface area contributed by atoms with Crippen LogP contribution in [0, 0.1) is 31.6 Å². The number of hydrogen-bond donors (Lipinski definition) is 3. The Labute approximate surface area is 223 Å². The van der Waals surface area contributed by atoms with Gasteiger partial charge in [-0.05, 0) is 62.3 Å². The number of likely N-dealkylation sites (tertiary alicyclic amines) is 1. The van der Waals surface area contributed by atoms with Gasteiger partial charge < -0.3 is 25.4 Å². The molecular weight excluding hydrogens is 482 g/mol. The summed E-state index contributed by atoms with van der Waals surface area (Å²) < 4.78 is 6.72. The first-order valence-electron chi connectivity index (χ1n) is 13.3. The second kappa shape index (κ2) is 9.50. The Morgan fingerprint density at radius 2 is 1.87 bits per heavy atom. The molecule has 8 nitrogen and oxygen atoms in total. The van der Waals surface area contributed by atoms with E-state index in [4.69, 9.17) is 4.74 Å². The minimum Gasteiger partial charge on any atom is -0.394 e. The maximum absolute atomic E-state index is 14.3. The van der Waals surface area contributed by atoms with Crippen molar-refractivity contribution in [3.63, 3.8) is 0 Å². The molecule has 0 saturated carbocycles. The van der Waals surface area contributed by atoms with Crippen LogP contribution in [0.25, 0.3) is 0 Å². The number of carbonyl (C=O) groups excluding carboxylic acids is 3. The predicted molar refractivity (Wildman–Crippen MR) is 143 cm³/mol. The highest BCUT2D eigenvalue weighted by Crippen LogP contribution is 2.65. The van der Waals surface area contributed by atoms with E-state index < -0.39 is 35.1 Å². The van der Waals surface area contributed by atoms with Crippen molar-refractivity contribution in [3.05, 3.63) is 65.2 Å². The van der Waals surface area contributed by atoms with Crippen LogP contribution in [0.5, 0.6) is 0 Å². The predicted octanol–water partition coefficient (Wildman–Crippen LogP) is 2.60. The lowest BCUT2D eigenvalue weighted by molar-refractivity contribution is -0.149. The first kappa shape index (κ1) is 26.4. The molecule has 5 rings (SSSR count). The van der Waals surface area contributed by atoms with Crippen LogP contribution in [0.1, 0.15) is 37.0 Å². The fourth-order valence-electron chi connectivity index (χ4n) is 7.13. The summed E-state index contributed by atoms with van der Waals surface area (Å²) in [5.74, 6) is -2.55. The molecular formula is C30H37N3O5. The first-order valence-corrected chi connectivity index (χ1v) is 13.3. The van der Waals surface area contributed by atoms with E-state index in [0.29, 0.717) is 18.5 Å². The van der Waals surface area contributed by atoms with Crippen molar-refractivity contribution in [2.24, 2.45) is 17.8 Å². The summed E-state index contributed by atoms with van der Waals surface area (Å²) in [6.07, 6.45) is 0.842. The molecule has 3 aliphatic rings. The van der Waals surface area contributed by atoms with E-state index in [1.54, 1.807) is 7.05 Å². The van der Waals surface area contributed by atoms with Gasteiger partial charge in [-0.1, -0.05) is 49.4 Å². The monoisotopic (exact) mass is 519 g/mol. The summed E-state index contributed by atoms with van der Waals surface area (Å²) in [6, 6.07) is 13.8. The van der Waals surface area contributed by atoms with Gasteiger partial charge in [-0.3, -0.25) is 14.4 Å². The van der Waals surface area contributed by atoms with Crippen molar-refractivity contribution in [1.82, 2.24) is 10.2 Å². The van der Waals surface area contributed by atoms with Gasteiger partial charge in [-0.15, -0.1) is 0 Å². The number of nitrogens with one attached hydrogen (secondary N) is 2. The zero-order valence-corrected chi connectivity index (χ0v) is 22.7. The lowest BCUT2D eigenvalue weighted by atomic mass is 9.62. The summed E-state index contributed by atoms with van der Waals surface area (Å²) in [6.45, 7) is 7.45. The van der Waals surface area contributed by atoms with E-state index in [1.165, 1.54) is 4.90 Å². The number of rotatable bonds is 7. The number of hydrogen-bond acceptors (Lipinski definition) is 5. The second-order valence-corrected chi connectivity index (χ2v) is 11.4. The topological polar surface area (TPSA) is 108 Å². The molecule has 0 radical (unpaired) electrons. The van der Waals surface area contributed by atoms with E-state index in [2.05, 4.69) is 10.6 Å². The van der Waals surface area contributed by atoms with Crippen molar-refractivity contribution < 1.29 is 24.2 Å². The normalized spacial score (nSPS) is 32.3. The minimum absolute atomic E-state index is 0.0495. The minimum atomic E-state index is -1.17. The molecule has 2 aromatic carbocycles. The maximum Gasteiger partial charge on any atom is 0.250 e. The van der Waals surface area contributed by atoms with Crippen molar-refractivity contribution in [1.29, 1.82) is 0 Å². The molecule has 3 amide bonds. The summed E-state index contributed by atoms with van der Waals surface area (Å²) in [7, 11) is 1.56. The van der Waals surface area contributed by atoms with Gasteiger partial charge in [-0.2, -0.15) is 0 Å². The van der Waals surface area contributed by atoms with Gasteiger partial charge in [0.25, 0.3) is 0 Å². The van der Waals surface area contributed by atoms with Crippen molar-refractivity contribution in [2.75, 3.05) is 19.0 Å². The number of fused-ring (bicyclic) bond motifs is 1. The number of aliphatic hydroxyl groups excluding tert-OH is 1. The Bertz CT molecular complexity index is 1270. The zero-order chi connectivity index (χ0) is 27.4. The van der Waals surface area contributed by atoms with Crippen LogP contribution in [0.2, 0.25) is 0 Å². The largest absolute Gasteiger partial charge is 0.394 e. The third kappa shape index (κ3) is 3.84. The Balaban J connectivity index is 1.61. The van der Waals surface area contributed by atoms with Crippen LogP contribution in [-0.4, -0.2) is 64.7 Å². The highest BCUT2D eigenvalue weighted by molar-refractivity contribution is 6.04. The fourth-order valence-corrected chi connectivity index (χ4v) is 7.13. The summed E-state index contributed by atoms with van der Waals surface area (Å²) in [4.78, 5) is 43.3. The van der Waals surface area contributed by atoms with E-state index in [9.17, 15) is 19.5 Å².